The van der Waals surface area contributed by atoms with Crippen LogP contribution in [0.15, 0.2) is 0 Å². The Morgan fingerprint density at radius 2 is 1.54 bits per heavy atom. The van der Waals surface area contributed by atoms with Crippen LogP contribution in [-0.4, -0.2) is 32.2 Å². The van der Waals surface area contributed by atoms with E-state index in [2.05, 4.69) is 0 Å². The van der Waals surface area contributed by atoms with Crippen LogP contribution in [0, 0.1) is 0 Å². The molecule has 0 aromatic carbocycles. The number of rotatable bonds is 5. The third-order valence-corrected chi connectivity index (χ3v) is 0.906. The number of carbonyl (C=O) groups excluding carboxylic acids is 1. The molecular formula is C8H16F2O3. The van der Waals surface area contributed by atoms with Crippen LogP contribution in [-0.2, 0) is 14.3 Å². The van der Waals surface area contributed by atoms with E-state index in [0.29, 0.717) is 0 Å². The van der Waals surface area contributed by atoms with Crippen LogP contribution in [0.2, 0.25) is 0 Å². The van der Waals surface area contributed by atoms with Gasteiger partial charge < -0.3 is 9.47 Å². The average Bonchev–Trinajstić information content (AvgIpc) is 2.06. The van der Waals surface area contributed by atoms with Crippen LogP contribution < -0.4 is 0 Å². The van der Waals surface area contributed by atoms with E-state index in [9.17, 15) is 8.78 Å². The van der Waals surface area contributed by atoms with Gasteiger partial charge in [-0.05, 0) is 20.8 Å². The number of ether oxygens (including phenoxy) is 2. The molecule has 0 saturated carbocycles. The summed E-state index contributed by atoms with van der Waals surface area (Å²) < 4.78 is 30.9. The number of halogens is 2. The van der Waals surface area contributed by atoms with Crippen molar-refractivity contribution >= 4 is 6.29 Å². The zero-order valence-electron chi connectivity index (χ0n) is 8.13. The molecule has 0 radical (unpaired) electrons. The molecule has 0 N–H and O–H groups in total. The first kappa shape index (κ1) is 14.9. The third kappa shape index (κ3) is 18.4. The molecule has 0 rings (SSSR count). The van der Waals surface area contributed by atoms with Crippen molar-refractivity contribution in [1.29, 1.82) is 0 Å². The van der Waals surface area contributed by atoms with Gasteiger partial charge in [-0.1, -0.05) is 0 Å². The first-order valence-corrected chi connectivity index (χ1v) is 4.05. The molecule has 0 aromatic heterocycles. The second-order valence-corrected chi connectivity index (χ2v) is 1.95. The normalized spacial score (nSPS) is 9.77. The summed E-state index contributed by atoms with van der Waals surface area (Å²) in [6, 6.07) is 0. The highest BCUT2D eigenvalue weighted by Crippen LogP contribution is 1.90. The fraction of sp³-hybridized carbons (Fsp3) is 0.875. The molecule has 0 fully saturated rings. The molecule has 0 amide bonds. The second-order valence-electron chi connectivity index (χ2n) is 1.95. The van der Waals surface area contributed by atoms with Crippen molar-refractivity contribution in [3.63, 3.8) is 0 Å². The van der Waals surface area contributed by atoms with Gasteiger partial charge in [-0.25, -0.2) is 8.78 Å². The lowest BCUT2D eigenvalue weighted by atomic mass is 10.7. The minimum absolute atomic E-state index is 0.0370. The van der Waals surface area contributed by atoms with Crippen molar-refractivity contribution in [3.8, 4) is 0 Å². The summed E-state index contributed by atoms with van der Waals surface area (Å²) in [6.07, 6.45) is -3.25. The van der Waals surface area contributed by atoms with Gasteiger partial charge in [0, 0.05) is 13.2 Å². The van der Waals surface area contributed by atoms with E-state index in [1.54, 1.807) is 0 Å². The highest BCUT2D eigenvalue weighted by atomic mass is 19.3. The Bertz CT molecular complexity index is 104. The smallest absolute Gasteiger partial charge is 0.293 e. The van der Waals surface area contributed by atoms with Gasteiger partial charge >= 0.3 is 0 Å². The number of carbonyl (C=O) groups is 1. The average molecular weight is 198 g/mol. The van der Waals surface area contributed by atoms with E-state index >= 15 is 0 Å². The predicted molar refractivity (Wildman–Crippen MR) is 44.8 cm³/mol. The molecule has 13 heavy (non-hydrogen) atoms. The van der Waals surface area contributed by atoms with E-state index in [1.165, 1.54) is 0 Å². The lowest BCUT2D eigenvalue weighted by Crippen LogP contribution is -2.11. The topological polar surface area (TPSA) is 35.5 Å². The minimum atomic E-state index is -2.80. The first-order chi connectivity index (χ1) is 6.08. The lowest BCUT2D eigenvalue weighted by molar-refractivity contribution is -0.123. The Morgan fingerprint density at radius 1 is 1.23 bits per heavy atom. The molecule has 0 atom stereocenters. The molecule has 0 aliphatic heterocycles. The van der Waals surface area contributed by atoms with Crippen LogP contribution in [0.3, 0.4) is 0 Å². The monoisotopic (exact) mass is 198 g/mol. The molecule has 0 unspecified atom stereocenters. The molecule has 0 bridgehead atoms. The maximum atomic E-state index is 10.4. The Kier molecular flexibility index (Phi) is 13.2. The first-order valence-electron chi connectivity index (χ1n) is 4.05. The summed E-state index contributed by atoms with van der Waals surface area (Å²) in [4.78, 5) is 8.75. The van der Waals surface area contributed by atoms with Crippen LogP contribution >= 0.6 is 0 Å². The summed E-state index contributed by atoms with van der Waals surface area (Å²) in [5.41, 5.74) is 0. The minimum Gasteiger partial charge on any atom is -0.353 e. The van der Waals surface area contributed by atoms with Crippen molar-refractivity contribution in [1.82, 2.24) is 0 Å². The Hall–Kier alpha value is -0.550. The largest absolute Gasteiger partial charge is 0.353 e. The number of alkyl halides is 2. The molecule has 80 valence electrons. The molecule has 0 aliphatic rings. The molecule has 0 aromatic rings. The van der Waals surface area contributed by atoms with E-state index in [0.717, 1.165) is 13.2 Å². The van der Waals surface area contributed by atoms with Crippen molar-refractivity contribution in [2.45, 2.75) is 33.5 Å². The SMILES string of the molecule is CCOC(C)OCC.O=CC(F)F. The highest BCUT2D eigenvalue weighted by Gasteiger charge is 1.94. The predicted octanol–water partition coefficient (Wildman–Crippen LogP) is 1.86. The third-order valence-electron chi connectivity index (χ3n) is 0.906. The summed E-state index contributed by atoms with van der Waals surface area (Å²) in [5, 5.41) is 0. The van der Waals surface area contributed by atoms with E-state index in [4.69, 9.17) is 14.3 Å². The second kappa shape index (κ2) is 11.4. The zero-order valence-corrected chi connectivity index (χ0v) is 8.13. The van der Waals surface area contributed by atoms with Crippen molar-refractivity contribution < 1.29 is 23.0 Å². The Labute approximate surface area is 77.0 Å². The molecule has 5 heteroatoms. The molecular weight excluding hydrogens is 182 g/mol. The number of hydrogen-bond donors (Lipinski definition) is 0. The Balaban J connectivity index is 0. The van der Waals surface area contributed by atoms with Crippen LogP contribution in [0.4, 0.5) is 8.78 Å². The van der Waals surface area contributed by atoms with Gasteiger partial charge in [-0.3, -0.25) is 4.79 Å². The molecule has 3 nitrogen and oxygen atoms in total. The van der Waals surface area contributed by atoms with Gasteiger partial charge in [0.1, 0.15) is 0 Å². The Morgan fingerprint density at radius 3 is 1.69 bits per heavy atom. The highest BCUT2D eigenvalue weighted by molar-refractivity contribution is 5.53. The quantitative estimate of drug-likeness (QED) is 0.499. The number of aldehydes is 1. The lowest BCUT2D eigenvalue weighted by Gasteiger charge is -2.09. The van der Waals surface area contributed by atoms with Crippen molar-refractivity contribution in [2.75, 3.05) is 13.2 Å². The molecule has 0 saturated heterocycles. The van der Waals surface area contributed by atoms with Gasteiger partial charge in [0.15, 0.2) is 12.6 Å². The van der Waals surface area contributed by atoms with Gasteiger partial charge in [0.25, 0.3) is 6.43 Å². The van der Waals surface area contributed by atoms with E-state index < -0.39 is 12.7 Å². The van der Waals surface area contributed by atoms with Crippen LogP contribution in [0.25, 0.3) is 0 Å². The summed E-state index contributed by atoms with van der Waals surface area (Å²) in [7, 11) is 0. The zero-order chi connectivity index (χ0) is 10.7. The summed E-state index contributed by atoms with van der Waals surface area (Å²) in [5.74, 6) is 0. The van der Waals surface area contributed by atoms with Crippen LogP contribution in [0.1, 0.15) is 20.8 Å². The number of hydrogen-bond acceptors (Lipinski definition) is 3. The van der Waals surface area contributed by atoms with Gasteiger partial charge in [0.05, 0.1) is 0 Å². The van der Waals surface area contributed by atoms with Crippen molar-refractivity contribution in [3.05, 3.63) is 0 Å². The van der Waals surface area contributed by atoms with Crippen molar-refractivity contribution in [2.24, 2.45) is 0 Å². The van der Waals surface area contributed by atoms with E-state index in [1.807, 2.05) is 20.8 Å². The van der Waals surface area contributed by atoms with Gasteiger partial charge in [0.2, 0.25) is 0 Å². The standard InChI is InChI=1S/C6H14O2.C2H2F2O/c1-4-7-6(3)8-5-2;3-2(4)1-5/h6H,4-5H2,1-3H3;1-2H. The van der Waals surface area contributed by atoms with E-state index in [-0.39, 0.29) is 6.29 Å². The summed E-state index contributed by atoms with van der Waals surface area (Å²) >= 11 is 0. The van der Waals surface area contributed by atoms with Gasteiger partial charge in [-0.2, -0.15) is 0 Å². The van der Waals surface area contributed by atoms with Crippen LogP contribution in [0.5, 0.6) is 0 Å². The molecule has 0 spiro atoms. The molecule has 0 aliphatic carbocycles. The summed E-state index contributed by atoms with van der Waals surface area (Å²) in [6.45, 7) is 7.25. The van der Waals surface area contributed by atoms with Gasteiger partial charge in [-0.15, -0.1) is 0 Å². The fourth-order valence-corrected chi connectivity index (χ4v) is 0.518. The maximum absolute atomic E-state index is 10.4. The fourth-order valence-electron chi connectivity index (χ4n) is 0.518. The molecule has 0 heterocycles. The maximum Gasteiger partial charge on any atom is 0.293 e.